The zero-order chi connectivity index (χ0) is 10.8. The predicted octanol–water partition coefficient (Wildman–Crippen LogP) is 1.45. The van der Waals surface area contributed by atoms with Crippen LogP contribution in [0.1, 0.15) is 19.4 Å². The minimum Gasteiger partial charge on any atom is -0.481 e. The van der Waals surface area contributed by atoms with Crippen molar-refractivity contribution in [3.8, 4) is 5.88 Å². The van der Waals surface area contributed by atoms with Gasteiger partial charge in [-0.3, -0.25) is 4.79 Å². The van der Waals surface area contributed by atoms with E-state index in [1.807, 2.05) is 0 Å². The van der Waals surface area contributed by atoms with Crippen molar-refractivity contribution >= 4 is 5.97 Å². The molecule has 14 heavy (non-hydrogen) atoms. The minimum atomic E-state index is -0.917. The first kappa shape index (κ1) is 10.5. The number of aromatic nitrogens is 1. The van der Waals surface area contributed by atoms with Crippen molar-refractivity contribution in [1.82, 2.24) is 4.98 Å². The summed E-state index contributed by atoms with van der Waals surface area (Å²) in [4.78, 5) is 14.9. The molecular formula is C10H13NO3. The van der Waals surface area contributed by atoms with E-state index in [9.17, 15) is 4.79 Å². The molecule has 4 nitrogen and oxygen atoms in total. The Kier molecular flexibility index (Phi) is 2.74. The lowest BCUT2D eigenvalue weighted by atomic mass is 9.86. The first-order chi connectivity index (χ1) is 6.48. The Morgan fingerprint density at radius 2 is 2.14 bits per heavy atom. The number of pyridine rings is 1. The number of hydrogen-bond donors (Lipinski definition) is 1. The maximum Gasteiger partial charge on any atom is 0.313 e. The van der Waals surface area contributed by atoms with Gasteiger partial charge < -0.3 is 9.84 Å². The van der Waals surface area contributed by atoms with Gasteiger partial charge in [-0.25, -0.2) is 4.98 Å². The van der Waals surface area contributed by atoms with Crippen LogP contribution in [-0.4, -0.2) is 23.2 Å². The fraction of sp³-hybridized carbons (Fsp3) is 0.400. The molecule has 1 heterocycles. The first-order valence-corrected chi connectivity index (χ1v) is 4.22. The molecular weight excluding hydrogens is 182 g/mol. The monoisotopic (exact) mass is 195 g/mol. The van der Waals surface area contributed by atoms with Crippen LogP contribution in [0.25, 0.3) is 0 Å². The molecule has 0 bridgehead atoms. The van der Waals surface area contributed by atoms with Crippen molar-refractivity contribution in [3.05, 3.63) is 23.9 Å². The summed E-state index contributed by atoms with van der Waals surface area (Å²) >= 11 is 0. The second-order valence-electron chi connectivity index (χ2n) is 3.52. The highest BCUT2D eigenvalue weighted by atomic mass is 16.5. The normalized spacial score (nSPS) is 11.1. The number of methoxy groups -OCH3 is 1. The van der Waals surface area contributed by atoms with Gasteiger partial charge in [-0.1, -0.05) is 6.07 Å². The van der Waals surface area contributed by atoms with Crippen LogP contribution in [0, 0.1) is 0 Å². The van der Waals surface area contributed by atoms with Gasteiger partial charge in [0.1, 0.15) is 0 Å². The number of aliphatic carboxylic acids is 1. The molecule has 76 valence electrons. The quantitative estimate of drug-likeness (QED) is 0.793. The molecule has 0 radical (unpaired) electrons. The Balaban J connectivity index is 3.02. The molecule has 0 aliphatic carbocycles. The molecule has 1 aromatic heterocycles. The van der Waals surface area contributed by atoms with Gasteiger partial charge in [-0.05, 0) is 19.4 Å². The second kappa shape index (κ2) is 3.65. The summed E-state index contributed by atoms with van der Waals surface area (Å²) in [6, 6.07) is 3.36. The van der Waals surface area contributed by atoms with Gasteiger partial charge in [0, 0.05) is 12.3 Å². The molecule has 0 atom stereocenters. The minimum absolute atomic E-state index is 0.481. The summed E-state index contributed by atoms with van der Waals surface area (Å²) in [6.45, 7) is 3.28. The van der Waals surface area contributed by atoms with E-state index in [0.717, 1.165) is 0 Å². The van der Waals surface area contributed by atoms with Crippen LogP contribution < -0.4 is 4.74 Å². The van der Waals surface area contributed by atoms with Crippen molar-refractivity contribution < 1.29 is 14.6 Å². The van der Waals surface area contributed by atoms with Gasteiger partial charge in [0.15, 0.2) is 0 Å². The average molecular weight is 195 g/mol. The van der Waals surface area contributed by atoms with Crippen LogP contribution in [-0.2, 0) is 10.2 Å². The molecule has 0 spiro atoms. The number of carbonyl (C=O) groups is 1. The van der Waals surface area contributed by atoms with Crippen LogP contribution in [0.5, 0.6) is 5.88 Å². The molecule has 0 fully saturated rings. The van der Waals surface area contributed by atoms with Crippen molar-refractivity contribution in [2.45, 2.75) is 19.3 Å². The summed E-state index contributed by atoms with van der Waals surface area (Å²) in [5.41, 5.74) is -0.259. The predicted molar refractivity (Wildman–Crippen MR) is 51.5 cm³/mol. The maximum absolute atomic E-state index is 10.9. The molecule has 0 saturated carbocycles. The highest BCUT2D eigenvalue weighted by Crippen LogP contribution is 2.23. The Labute approximate surface area is 82.5 Å². The van der Waals surface area contributed by atoms with E-state index in [1.165, 1.54) is 13.3 Å². The van der Waals surface area contributed by atoms with Crippen molar-refractivity contribution in [3.63, 3.8) is 0 Å². The molecule has 0 saturated heterocycles. The van der Waals surface area contributed by atoms with E-state index >= 15 is 0 Å². The standard InChI is InChI=1S/C10H13NO3/c1-10(2,9(12)13)7-4-5-8(14-3)11-6-7/h4-6H,1-3H3,(H,12,13). The lowest BCUT2D eigenvalue weighted by molar-refractivity contribution is -0.142. The van der Waals surface area contributed by atoms with E-state index in [0.29, 0.717) is 11.4 Å². The number of carboxylic acids is 1. The number of carboxylic acid groups (broad SMARTS) is 1. The van der Waals surface area contributed by atoms with E-state index in [1.54, 1.807) is 26.0 Å². The lowest BCUT2D eigenvalue weighted by Crippen LogP contribution is -2.28. The molecule has 0 aromatic carbocycles. The number of hydrogen-bond acceptors (Lipinski definition) is 3. The van der Waals surface area contributed by atoms with E-state index < -0.39 is 11.4 Å². The third-order valence-electron chi connectivity index (χ3n) is 2.20. The summed E-state index contributed by atoms with van der Waals surface area (Å²) in [5, 5.41) is 8.96. The third-order valence-corrected chi connectivity index (χ3v) is 2.20. The van der Waals surface area contributed by atoms with Gasteiger partial charge in [0.05, 0.1) is 12.5 Å². The Bertz CT molecular complexity index is 330. The molecule has 0 aliphatic rings. The van der Waals surface area contributed by atoms with Crippen LogP contribution in [0.4, 0.5) is 0 Å². The summed E-state index contributed by atoms with van der Waals surface area (Å²) in [6.07, 6.45) is 1.52. The molecule has 0 aliphatic heterocycles. The van der Waals surface area contributed by atoms with Crippen LogP contribution in [0.2, 0.25) is 0 Å². The van der Waals surface area contributed by atoms with Crippen molar-refractivity contribution in [2.24, 2.45) is 0 Å². The van der Waals surface area contributed by atoms with Crippen molar-refractivity contribution in [2.75, 3.05) is 7.11 Å². The number of ether oxygens (including phenoxy) is 1. The molecule has 4 heteroatoms. The lowest BCUT2D eigenvalue weighted by Gasteiger charge is -2.18. The van der Waals surface area contributed by atoms with Gasteiger partial charge >= 0.3 is 5.97 Å². The smallest absolute Gasteiger partial charge is 0.313 e. The van der Waals surface area contributed by atoms with Crippen LogP contribution in [0.15, 0.2) is 18.3 Å². The van der Waals surface area contributed by atoms with E-state index in [4.69, 9.17) is 9.84 Å². The van der Waals surface area contributed by atoms with Gasteiger partial charge in [0.2, 0.25) is 5.88 Å². The fourth-order valence-electron chi connectivity index (χ4n) is 0.994. The average Bonchev–Trinajstić information content (AvgIpc) is 2.17. The first-order valence-electron chi connectivity index (χ1n) is 4.22. The molecule has 0 amide bonds. The third kappa shape index (κ3) is 1.84. The molecule has 0 unspecified atom stereocenters. The molecule has 1 aromatic rings. The Hall–Kier alpha value is -1.58. The second-order valence-corrected chi connectivity index (χ2v) is 3.52. The van der Waals surface area contributed by atoms with Gasteiger partial charge in [0.25, 0.3) is 0 Å². The summed E-state index contributed by atoms with van der Waals surface area (Å²) < 4.78 is 4.88. The van der Waals surface area contributed by atoms with Gasteiger partial charge in [-0.2, -0.15) is 0 Å². The summed E-state index contributed by atoms with van der Waals surface area (Å²) in [7, 11) is 1.52. The summed E-state index contributed by atoms with van der Waals surface area (Å²) in [5.74, 6) is -0.389. The van der Waals surface area contributed by atoms with E-state index in [-0.39, 0.29) is 0 Å². The maximum atomic E-state index is 10.9. The SMILES string of the molecule is COc1ccc(C(C)(C)C(=O)O)cn1. The largest absolute Gasteiger partial charge is 0.481 e. The highest BCUT2D eigenvalue weighted by molar-refractivity contribution is 5.80. The zero-order valence-corrected chi connectivity index (χ0v) is 8.44. The highest BCUT2D eigenvalue weighted by Gasteiger charge is 2.29. The number of rotatable bonds is 3. The number of nitrogens with zero attached hydrogens (tertiary/aromatic N) is 1. The van der Waals surface area contributed by atoms with Crippen molar-refractivity contribution in [1.29, 1.82) is 0 Å². The zero-order valence-electron chi connectivity index (χ0n) is 8.44. The van der Waals surface area contributed by atoms with E-state index in [2.05, 4.69) is 4.98 Å². The van der Waals surface area contributed by atoms with Crippen LogP contribution >= 0.6 is 0 Å². The fourth-order valence-corrected chi connectivity index (χ4v) is 0.994. The molecule has 1 rings (SSSR count). The molecule has 1 N–H and O–H groups in total. The Morgan fingerprint density at radius 1 is 1.50 bits per heavy atom. The van der Waals surface area contributed by atoms with Crippen LogP contribution in [0.3, 0.4) is 0 Å². The van der Waals surface area contributed by atoms with Gasteiger partial charge in [-0.15, -0.1) is 0 Å². The Morgan fingerprint density at radius 3 is 2.50 bits per heavy atom. The topological polar surface area (TPSA) is 59.4 Å².